The van der Waals surface area contributed by atoms with E-state index in [0.717, 1.165) is 5.56 Å². The van der Waals surface area contributed by atoms with E-state index < -0.39 is 9.84 Å². The van der Waals surface area contributed by atoms with Crippen LogP contribution in [-0.2, 0) is 9.84 Å². The maximum atomic E-state index is 13.7. The van der Waals surface area contributed by atoms with Gasteiger partial charge < -0.3 is 10.3 Å². The van der Waals surface area contributed by atoms with Gasteiger partial charge in [-0.25, -0.2) is 18.4 Å². The second kappa shape index (κ2) is 7.62. The normalized spacial score (nSPS) is 12.9. The molecule has 5 aromatic rings. The van der Waals surface area contributed by atoms with Crippen LogP contribution in [0, 0.1) is 0 Å². The molecule has 1 unspecified atom stereocenters. The van der Waals surface area contributed by atoms with Crippen LogP contribution in [-0.4, -0.2) is 23.0 Å². The number of benzene rings is 3. The Morgan fingerprint density at radius 1 is 0.875 bits per heavy atom. The molecule has 0 aliphatic heterocycles. The number of hydrogen-bond donors (Lipinski definition) is 1. The van der Waals surface area contributed by atoms with Gasteiger partial charge in [-0.2, -0.15) is 0 Å². The summed E-state index contributed by atoms with van der Waals surface area (Å²) in [6, 6.07) is 22.8. The molecule has 0 fully saturated rings. The molecule has 2 heterocycles. The molecular formula is C24H19ClN4O2S. The molecule has 2 aromatic heterocycles. The van der Waals surface area contributed by atoms with Crippen LogP contribution in [0.15, 0.2) is 88.7 Å². The fraction of sp³-hybridized carbons (Fsp3) is 0.0833. The number of anilines is 1. The van der Waals surface area contributed by atoms with E-state index in [2.05, 4.69) is 4.98 Å². The van der Waals surface area contributed by atoms with Crippen LogP contribution >= 0.6 is 11.6 Å². The van der Waals surface area contributed by atoms with Gasteiger partial charge in [0, 0.05) is 5.02 Å². The van der Waals surface area contributed by atoms with Crippen molar-refractivity contribution in [3.05, 3.63) is 89.4 Å². The van der Waals surface area contributed by atoms with Crippen molar-refractivity contribution in [2.45, 2.75) is 22.8 Å². The van der Waals surface area contributed by atoms with Gasteiger partial charge >= 0.3 is 0 Å². The van der Waals surface area contributed by atoms with Crippen LogP contribution in [0.25, 0.3) is 22.2 Å². The molecule has 0 bridgehead atoms. The van der Waals surface area contributed by atoms with E-state index in [4.69, 9.17) is 22.3 Å². The predicted molar refractivity (Wildman–Crippen MR) is 127 cm³/mol. The molecule has 32 heavy (non-hydrogen) atoms. The van der Waals surface area contributed by atoms with Crippen LogP contribution in [0.2, 0.25) is 5.02 Å². The minimum atomic E-state index is -3.98. The summed E-state index contributed by atoms with van der Waals surface area (Å²) in [7, 11) is -3.98. The third-order valence-corrected chi connectivity index (χ3v) is 7.63. The lowest BCUT2D eigenvalue weighted by molar-refractivity contribution is 0.596. The lowest BCUT2D eigenvalue weighted by Crippen LogP contribution is -2.12. The number of nitrogens with two attached hydrogens (primary N) is 1. The number of halogens is 1. The summed E-state index contributed by atoms with van der Waals surface area (Å²) in [5.41, 5.74) is 9.45. The summed E-state index contributed by atoms with van der Waals surface area (Å²) in [4.78, 5) is 9.48. The van der Waals surface area contributed by atoms with Crippen molar-refractivity contribution < 1.29 is 8.42 Å². The van der Waals surface area contributed by atoms with E-state index in [-0.39, 0.29) is 27.2 Å². The van der Waals surface area contributed by atoms with Crippen LogP contribution < -0.4 is 5.73 Å². The van der Waals surface area contributed by atoms with E-state index >= 15 is 0 Å². The lowest BCUT2D eigenvalue weighted by atomic mass is 10.1. The van der Waals surface area contributed by atoms with Gasteiger partial charge in [0.05, 0.1) is 22.0 Å². The Bertz CT molecular complexity index is 1560. The van der Waals surface area contributed by atoms with E-state index in [9.17, 15) is 8.42 Å². The number of aromatic nitrogens is 3. The summed E-state index contributed by atoms with van der Waals surface area (Å²) in [5, 5.41) is 0.447. The molecule has 0 amide bonds. The van der Waals surface area contributed by atoms with Gasteiger partial charge in [0.1, 0.15) is 16.2 Å². The molecule has 0 spiro atoms. The first kappa shape index (κ1) is 20.5. The fourth-order valence-electron chi connectivity index (χ4n) is 3.93. The summed E-state index contributed by atoms with van der Waals surface area (Å²) in [5.74, 6) is 0.0987. The van der Waals surface area contributed by atoms with Gasteiger partial charge in [0.2, 0.25) is 9.84 Å². The molecule has 2 N–H and O–H groups in total. The summed E-state index contributed by atoms with van der Waals surface area (Å²) >= 11 is 5.97. The average molecular weight is 463 g/mol. The number of hydrogen-bond acceptors (Lipinski definition) is 5. The monoisotopic (exact) mass is 462 g/mol. The maximum absolute atomic E-state index is 13.7. The Kier molecular flexibility index (Phi) is 4.87. The third kappa shape index (κ3) is 3.21. The van der Waals surface area contributed by atoms with Crippen molar-refractivity contribution >= 4 is 49.5 Å². The molecule has 6 nitrogen and oxygen atoms in total. The van der Waals surface area contributed by atoms with Crippen molar-refractivity contribution in [2.24, 2.45) is 0 Å². The fourth-order valence-corrected chi connectivity index (χ4v) is 5.55. The number of sulfone groups is 1. The molecule has 5 rings (SSSR count). The Labute approximate surface area is 190 Å². The zero-order valence-corrected chi connectivity index (χ0v) is 18.7. The number of para-hydroxylation sites is 2. The van der Waals surface area contributed by atoms with Gasteiger partial charge in [0.25, 0.3) is 0 Å². The smallest absolute Gasteiger partial charge is 0.212 e. The van der Waals surface area contributed by atoms with E-state index in [1.807, 2.05) is 55.5 Å². The average Bonchev–Trinajstić information content (AvgIpc) is 3.09. The van der Waals surface area contributed by atoms with E-state index in [1.165, 1.54) is 24.3 Å². The first-order valence-corrected chi connectivity index (χ1v) is 11.9. The van der Waals surface area contributed by atoms with E-state index in [0.29, 0.717) is 21.7 Å². The standard InChI is InChI=1S/C24H19ClN4O2S/c1-15(16-7-3-2-4-8-16)29-23(26)22(32(30,31)18-13-11-17(25)12-14-18)21-24(29)28-20-10-6-5-9-19(20)27-21/h2-15H,26H2,1H3. The molecule has 8 heteroatoms. The minimum absolute atomic E-state index is 0.0455. The van der Waals surface area contributed by atoms with Crippen molar-refractivity contribution in [3.63, 3.8) is 0 Å². The number of nitrogens with zero attached hydrogens (tertiary/aromatic N) is 3. The second-order valence-electron chi connectivity index (χ2n) is 7.51. The summed E-state index contributed by atoms with van der Waals surface area (Å²) in [6.07, 6.45) is 0. The van der Waals surface area contributed by atoms with Gasteiger partial charge in [0.15, 0.2) is 5.65 Å². The largest absolute Gasteiger partial charge is 0.384 e. The first-order chi connectivity index (χ1) is 15.4. The van der Waals surface area contributed by atoms with E-state index in [1.54, 1.807) is 10.6 Å². The second-order valence-corrected chi connectivity index (χ2v) is 9.84. The highest BCUT2D eigenvalue weighted by atomic mass is 35.5. The van der Waals surface area contributed by atoms with Crippen LogP contribution in [0.5, 0.6) is 0 Å². The molecule has 0 saturated carbocycles. The first-order valence-electron chi connectivity index (χ1n) is 9.99. The topological polar surface area (TPSA) is 90.9 Å². The van der Waals surface area contributed by atoms with Crippen molar-refractivity contribution in [1.29, 1.82) is 0 Å². The van der Waals surface area contributed by atoms with Crippen molar-refractivity contribution in [2.75, 3.05) is 5.73 Å². The molecule has 0 saturated heterocycles. The van der Waals surface area contributed by atoms with Gasteiger partial charge in [-0.1, -0.05) is 54.1 Å². The Morgan fingerprint density at radius 2 is 1.47 bits per heavy atom. The maximum Gasteiger partial charge on any atom is 0.212 e. The number of nitrogen functional groups attached to an aromatic ring is 1. The molecule has 160 valence electrons. The Hall–Kier alpha value is -3.42. The molecule has 0 aliphatic rings. The third-order valence-electron chi connectivity index (χ3n) is 5.55. The van der Waals surface area contributed by atoms with Crippen molar-refractivity contribution in [3.8, 4) is 0 Å². The number of rotatable bonds is 4. The quantitative estimate of drug-likeness (QED) is 0.393. The van der Waals surface area contributed by atoms with Gasteiger partial charge in [-0.05, 0) is 48.9 Å². The van der Waals surface area contributed by atoms with Gasteiger partial charge in [-0.3, -0.25) is 0 Å². The van der Waals surface area contributed by atoms with Crippen LogP contribution in [0.1, 0.15) is 18.5 Å². The SMILES string of the molecule is CC(c1ccccc1)n1c(N)c(S(=O)(=O)c2ccc(Cl)cc2)c2nc3ccccc3nc21. The molecule has 3 aromatic carbocycles. The number of fused-ring (bicyclic) bond motifs is 2. The highest BCUT2D eigenvalue weighted by Crippen LogP contribution is 2.38. The van der Waals surface area contributed by atoms with Crippen molar-refractivity contribution in [1.82, 2.24) is 14.5 Å². The lowest BCUT2D eigenvalue weighted by Gasteiger charge is -2.17. The predicted octanol–water partition coefficient (Wildman–Crippen LogP) is 5.26. The minimum Gasteiger partial charge on any atom is -0.384 e. The summed E-state index contributed by atoms with van der Waals surface area (Å²) in [6.45, 7) is 1.96. The zero-order chi connectivity index (χ0) is 22.5. The summed E-state index contributed by atoms with van der Waals surface area (Å²) < 4.78 is 29.1. The molecule has 0 radical (unpaired) electrons. The molecule has 0 aliphatic carbocycles. The highest BCUT2D eigenvalue weighted by molar-refractivity contribution is 7.92. The molecule has 1 atom stereocenters. The Morgan fingerprint density at radius 3 is 2.12 bits per heavy atom. The molecular weight excluding hydrogens is 444 g/mol. The highest BCUT2D eigenvalue weighted by Gasteiger charge is 2.31. The van der Waals surface area contributed by atoms with Crippen LogP contribution in [0.3, 0.4) is 0 Å². The zero-order valence-electron chi connectivity index (χ0n) is 17.1. The van der Waals surface area contributed by atoms with Crippen LogP contribution in [0.4, 0.5) is 5.82 Å². The Balaban J connectivity index is 1.86. The van der Waals surface area contributed by atoms with Gasteiger partial charge in [-0.15, -0.1) is 0 Å².